The quantitative estimate of drug-likeness (QED) is 0.111. The summed E-state index contributed by atoms with van der Waals surface area (Å²) in [5.74, 6) is 1.09. The molecule has 2 aromatic carbocycles. The lowest BCUT2D eigenvalue weighted by molar-refractivity contribution is -0.157. The lowest BCUT2D eigenvalue weighted by Crippen LogP contribution is -2.30. The third-order valence-electron chi connectivity index (χ3n) is 7.27. The number of carbonyl (C=O) groups is 2. The first kappa shape index (κ1) is 31.4. The summed E-state index contributed by atoms with van der Waals surface area (Å²) >= 11 is 0. The highest BCUT2D eigenvalue weighted by Crippen LogP contribution is 2.28. The van der Waals surface area contributed by atoms with Crippen molar-refractivity contribution in [2.45, 2.75) is 103 Å². The highest BCUT2D eigenvalue weighted by molar-refractivity contribution is 5.91. The molecule has 0 heterocycles. The van der Waals surface area contributed by atoms with Gasteiger partial charge in [0, 0.05) is 0 Å². The van der Waals surface area contributed by atoms with Gasteiger partial charge in [-0.3, -0.25) is 0 Å². The van der Waals surface area contributed by atoms with Crippen LogP contribution in [0.2, 0.25) is 0 Å². The molecule has 0 radical (unpaired) electrons. The van der Waals surface area contributed by atoms with Gasteiger partial charge in [0.25, 0.3) is 0 Å². The Morgan fingerprint density at radius 3 is 2.05 bits per heavy atom. The average molecular weight is 557 g/mol. The smallest absolute Gasteiger partial charge is 0.343 e. The van der Waals surface area contributed by atoms with Gasteiger partial charge in [0.1, 0.15) is 23.4 Å². The van der Waals surface area contributed by atoms with Gasteiger partial charge in [0.15, 0.2) is 6.17 Å². The van der Waals surface area contributed by atoms with E-state index in [-0.39, 0.29) is 12.5 Å². The van der Waals surface area contributed by atoms with Crippen LogP contribution in [0.25, 0.3) is 0 Å². The van der Waals surface area contributed by atoms with Crippen molar-refractivity contribution in [2.75, 3.05) is 13.2 Å². The minimum atomic E-state index is -1.52. The minimum absolute atomic E-state index is 0.207. The molecule has 7 heteroatoms. The number of alkyl halides is 1. The lowest BCUT2D eigenvalue weighted by atomic mass is 9.88. The fourth-order valence-corrected chi connectivity index (χ4v) is 4.72. The molecule has 1 fully saturated rings. The van der Waals surface area contributed by atoms with E-state index in [0.717, 1.165) is 44.3 Å². The standard InChI is InChI=1S/C33H45FO6/c1-3-5-7-8-9-23-37-27-17-13-26(14-18-27)32(35)39-30-21-19-28(20-22-30)38-24-25-11-15-29(16-12-25)40-33(36)31(34)10-6-4-2/h13-14,17-22,25,29,31H,3-12,15-16,23-24H2,1-2H3/t25?,29?,31-/m0/s1. The van der Waals surface area contributed by atoms with E-state index in [0.29, 0.717) is 42.6 Å². The van der Waals surface area contributed by atoms with Crippen molar-refractivity contribution >= 4 is 11.9 Å². The van der Waals surface area contributed by atoms with Crippen LogP contribution in [-0.2, 0) is 9.53 Å². The predicted molar refractivity (Wildman–Crippen MR) is 154 cm³/mol. The normalized spacial score (nSPS) is 17.6. The van der Waals surface area contributed by atoms with Crippen LogP contribution in [0.4, 0.5) is 4.39 Å². The van der Waals surface area contributed by atoms with Gasteiger partial charge in [-0.2, -0.15) is 0 Å². The van der Waals surface area contributed by atoms with Gasteiger partial charge < -0.3 is 18.9 Å². The molecule has 0 saturated heterocycles. The Labute approximate surface area is 238 Å². The molecule has 6 nitrogen and oxygen atoms in total. The summed E-state index contributed by atoms with van der Waals surface area (Å²) < 4.78 is 36.4. The van der Waals surface area contributed by atoms with Crippen LogP contribution in [0.3, 0.4) is 0 Å². The van der Waals surface area contributed by atoms with Crippen molar-refractivity contribution < 1.29 is 32.9 Å². The summed E-state index contributed by atoms with van der Waals surface area (Å²) in [5.41, 5.74) is 0.458. The third kappa shape index (κ3) is 11.2. The molecule has 40 heavy (non-hydrogen) atoms. The summed E-state index contributed by atoms with van der Waals surface area (Å²) in [7, 11) is 0. The molecule has 220 valence electrons. The highest BCUT2D eigenvalue weighted by Gasteiger charge is 2.27. The van der Waals surface area contributed by atoms with E-state index in [4.69, 9.17) is 18.9 Å². The number of halogens is 1. The number of hydrogen-bond donors (Lipinski definition) is 0. The molecule has 2 aromatic rings. The highest BCUT2D eigenvalue weighted by atomic mass is 19.1. The zero-order chi connectivity index (χ0) is 28.6. The van der Waals surface area contributed by atoms with E-state index < -0.39 is 18.1 Å². The first-order valence-corrected chi connectivity index (χ1v) is 15.0. The van der Waals surface area contributed by atoms with E-state index in [1.807, 2.05) is 6.92 Å². The van der Waals surface area contributed by atoms with Crippen LogP contribution < -0.4 is 14.2 Å². The molecular weight excluding hydrogens is 511 g/mol. The van der Waals surface area contributed by atoms with Gasteiger partial charge in [-0.25, -0.2) is 14.0 Å². The Hall–Kier alpha value is -3.09. The van der Waals surface area contributed by atoms with Crippen molar-refractivity contribution in [3.63, 3.8) is 0 Å². The van der Waals surface area contributed by atoms with Crippen LogP contribution in [0.15, 0.2) is 48.5 Å². The zero-order valence-electron chi connectivity index (χ0n) is 24.1. The minimum Gasteiger partial charge on any atom is -0.494 e. The number of benzene rings is 2. The molecule has 1 saturated carbocycles. The van der Waals surface area contributed by atoms with Crippen molar-refractivity contribution in [3.8, 4) is 17.2 Å². The van der Waals surface area contributed by atoms with Crippen LogP contribution >= 0.6 is 0 Å². The maximum absolute atomic E-state index is 13.9. The molecular formula is C33H45FO6. The first-order valence-electron chi connectivity index (χ1n) is 15.0. The second-order valence-corrected chi connectivity index (χ2v) is 10.6. The Morgan fingerprint density at radius 1 is 0.775 bits per heavy atom. The molecule has 1 aliphatic rings. The predicted octanol–water partition coefficient (Wildman–Crippen LogP) is 8.26. The van der Waals surface area contributed by atoms with Crippen LogP contribution in [0.1, 0.15) is 101 Å². The van der Waals surface area contributed by atoms with Gasteiger partial charge >= 0.3 is 11.9 Å². The Bertz CT molecular complexity index is 999. The molecule has 0 aliphatic heterocycles. The molecule has 0 unspecified atom stereocenters. The molecule has 0 amide bonds. The lowest BCUT2D eigenvalue weighted by Gasteiger charge is -2.28. The Balaban J connectivity index is 1.33. The zero-order valence-corrected chi connectivity index (χ0v) is 24.1. The SMILES string of the molecule is CCCCCCCOc1ccc(C(=O)Oc2ccc(OCC3CCC(OC(=O)[C@@H](F)CCCC)CC3)cc2)cc1. The molecule has 1 aliphatic carbocycles. The van der Waals surface area contributed by atoms with Crippen LogP contribution in [0, 0.1) is 5.92 Å². The number of unbranched alkanes of at least 4 members (excludes halogenated alkanes) is 5. The summed E-state index contributed by atoms with van der Waals surface area (Å²) in [6.45, 7) is 5.40. The van der Waals surface area contributed by atoms with Gasteiger partial charge in [-0.05, 0) is 93.0 Å². The largest absolute Gasteiger partial charge is 0.494 e. The first-order chi connectivity index (χ1) is 19.5. The van der Waals surface area contributed by atoms with Gasteiger partial charge in [0.2, 0.25) is 0 Å². The van der Waals surface area contributed by atoms with E-state index >= 15 is 0 Å². The maximum Gasteiger partial charge on any atom is 0.343 e. The molecule has 0 spiro atoms. The monoisotopic (exact) mass is 556 g/mol. The molecule has 0 bridgehead atoms. The second kappa shape index (κ2) is 17.6. The number of carbonyl (C=O) groups excluding carboxylic acids is 2. The van der Waals surface area contributed by atoms with E-state index in [1.54, 1.807) is 48.5 Å². The molecule has 3 rings (SSSR count). The summed E-state index contributed by atoms with van der Waals surface area (Å²) in [4.78, 5) is 24.4. The fraction of sp³-hybridized carbons (Fsp3) is 0.576. The van der Waals surface area contributed by atoms with E-state index in [1.165, 1.54) is 25.7 Å². The van der Waals surface area contributed by atoms with Gasteiger partial charge in [-0.15, -0.1) is 0 Å². The molecule has 0 aromatic heterocycles. The second-order valence-electron chi connectivity index (χ2n) is 10.6. The topological polar surface area (TPSA) is 71.1 Å². The number of hydrogen-bond acceptors (Lipinski definition) is 6. The third-order valence-corrected chi connectivity index (χ3v) is 7.27. The summed E-state index contributed by atoms with van der Waals surface area (Å²) in [5, 5.41) is 0. The summed E-state index contributed by atoms with van der Waals surface area (Å²) in [6, 6.07) is 14.0. The van der Waals surface area contributed by atoms with Gasteiger partial charge in [0.05, 0.1) is 18.8 Å². The van der Waals surface area contributed by atoms with Crippen LogP contribution in [0.5, 0.6) is 17.2 Å². The van der Waals surface area contributed by atoms with Crippen molar-refractivity contribution in [3.05, 3.63) is 54.1 Å². The Morgan fingerprint density at radius 2 is 1.38 bits per heavy atom. The maximum atomic E-state index is 13.9. The van der Waals surface area contributed by atoms with E-state index in [9.17, 15) is 14.0 Å². The van der Waals surface area contributed by atoms with Crippen molar-refractivity contribution in [2.24, 2.45) is 5.92 Å². The fourth-order valence-electron chi connectivity index (χ4n) is 4.72. The number of rotatable bonds is 17. The average Bonchev–Trinajstić information content (AvgIpc) is 2.98. The Kier molecular flexibility index (Phi) is 13.8. The van der Waals surface area contributed by atoms with Crippen molar-refractivity contribution in [1.29, 1.82) is 0 Å². The van der Waals surface area contributed by atoms with Crippen molar-refractivity contribution in [1.82, 2.24) is 0 Å². The summed E-state index contributed by atoms with van der Waals surface area (Å²) in [6.07, 6.45) is 9.16. The molecule has 0 N–H and O–H groups in total. The molecule has 1 atom stereocenters. The van der Waals surface area contributed by atoms with Gasteiger partial charge in [-0.1, -0.05) is 52.4 Å². The number of esters is 2. The number of ether oxygens (including phenoxy) is 4. The van der Waals surface area contributed by atoms with E-state index in [2.05, 4.69) is 6.92 Å². The van der Waals surface area contributed by atoms with Crippen LogP contribution in [-0.4, -0.2) is 37.4 Å².